The van der Waals surface area contributed by atoms with E-state index in [1.54, 1.807) is 19.9 Å². The maximum absolute atomic E-state index is 12.6. The van der Waals surface area contributed by atoms with E-state index in [1.807, 2.05) is 30.3 Å². The molecule has 0 saturated heterocycles. The molecule has 1 N–H and O–H groups in total. The van der Waals surface area contributed by atoms with Crippen molar-refractivity contribution in [2.45, 2.75) is 45.3 Å². The lowest BCUT2D eigenvalue weighted by molar-refractivity contribution is -0.385. The second-order valence-electron chi connectivity index (χ2n) is 7.55. The van der Waals surface area contributed by atoms with E-state index in [9.17, 15) is 19.7 Å². The van der Waals surface area contributed by atoms with E-state index in [1.165, 1.54) is 18.2 Å². The number of carbonyl (C=O) groups is 2. The number of nitrogens with zero attached hydrogens (tertiary/aromatic N) is 3. The van der Waals surface area contributed by atoms with Gasteiger partial charge in [-0.15, -0.1) is 10.2 Å². The van der Waals surface area contributed by atoms with Gasteiger partial charge >= 0.3 is 5.97 Å². The van der Waals surface area contributed by atoms with Gasteiger partial charge in [-0.25, -0.2) is 0 Å². The number of benzene rings is 2. The van der Waals surface area contributed by atoms with E-state index < -0.39 is 22.8 Å². The molecule has 0 bridgehead atoms. The molecule has 0 radical (unpaired) electrons. The summed E-state index contributed by atoms with van der Waals surface area (Å²) in [4.78, 5) is 35.8. The first-order valence-corrected chi connectivity index (χ1v) is 10.4. The Balaban J connectivity index is 1.69. The molecule has 172 valence electrons. The van der Waals surface area contributed by atoms with Crippen LogP contribution in [-0.4, -0.2) is 33.1 Å². The quantitative estimate of drug-likeness (QED) is 0.279. The summed E-state index contributed by atoms with van der Waals surface area (Å²) in [5.74, 6) is -0.362. The van der Waals surface area contributed by atoms with Crippen LogP contribution < -0.4 is 5.32 Å². The zero-order valence-corrected chi connectivity index (χ0v) is 18.3. The Bertz CT molecular complexity index is 1110. The number of esters is 1. The number of carbonyl (C=O) groups excluding carboxylic acids is 2. The molecule has 0 spiro atoms. The minimum Gasteiger partial charge on any atom is -0.463 e. The Morgan fingerprint density at radius 3 is 2.48 bits per heavy atom. The lowest BCUT2D eigenvalue weighted by Crippen LogP contribution is -2.31. The van der Waals surface area contributed by atoms with E-state index in [-0.39, 0.29) is 42.5 Å². The van der Waals surface area contributed by atoms with Crippen LogP contribution in [-0.2, 0) is 20.7 Å². The van der Waals surface area contributed by atoms with E-state index in [0.717, 1.165) is 5.56 Å². The van der Waals surface area contributed by atoms with Crippen LogP contribution in [0.15, 0.2) is 59.0 Å². The molecule has 10 heteroatoms. The zero-order valence-electron chi connectivity index (χ0n) is 18.3. The molecule has 0 aliphatic carbocycles. The van der Waals surface area contributed by atoms with Gasteiger partial charge in [0.15, 0.2) is 0 Å². The van der Waals surface area contributed by atoms with Crippen molar-refractivity contribution >= 4 is 17.6 Å². The predicted molar refractivity (Wildman–Crippen MR) is 118 cm³/mol. The highest BCUT2D eigenvalue weighted by Gasteiger charge is 2.26. The van der Waals surface area contributed by atoms with Gasteiger partial charge < -0.3 is 14.5 Å². The average molecular weight is 452 g/mol. The molecule has 1 aromatic heterocycles. The summed E-state index contributed by atoms with van der Waals surface area (Å²) >= 11 is 0. The van der Waals surface area contributed by atoms with Crippen molar-refractivity contribution in [3.8, 4) is 11.5 Å². The largest absolute Gasteiger partial charge is 0.463 e. The molecule has 10 nitrogen and oxygen atoms in total. The van der Waals surface area contributed by atoms with Gasteiger partial charge in [0.25, 0.3) is 5.69 Å². The molecule has 3 rings (SSSR count). The van der Waals surface area contributed by atoms with Gasteiger partial charge in [0.2, 0.25) is 17.7 Å². The molecule has 0 aliphatic heterocycles. The summed E-state index contributed by atoms with van der Waals surface area (Å²) in [7, 11) is 0. The van der Waals surface area contributed by atoms with Gasteiger partial charge in [0.05, 0.1) is 29.1 Å². The molecule has 1 amide bonds. The SMILES string of the molecule is CC(C)OC(=O)CC(NC(=O)CCc1nnc(-c2ccccc2)o1)c1ccccc1[N+](=O)[O-]. The fourth-order valence-electron chi connectivity index (χ4n) is 3.20. The van der Waals surface area contributed by atoms with Gasteiger partial charge in [-0.2, -0.15) is 0 Å². The number of aryl methyl sites for hydroxylation is 1. The van der Waals surface area contributed by atoms with Gasteiger partial charge in [0, 0.05) is 24.5 Å². The van der Waals surface area contributed by atoms with E-state index >= 15 is 0 Å². The second kappa shape index (κ2) is 11.0. The summed E-state index contributed by atoms with van der Waals surface area (Å²) in [6, 6.07) is 14.3. The molecular weight excluding hydrogens is 428 g/mol. The first-order chi connectivity index (χ1) is 15.8. The van der Waals surface area contributed by atoms with Crippen LogP contribution >= 0.6 is 0 Å². The monoisotopic (exact) mass is 452 g/mol. The molecular formula is C23H24N4O6. The number of nitrogens with one attached hydrogen (secondary N) is 1. The normalized spacial score (nSPS) is 11.7. The smallest absolute Gasteiger partial charge is 0.308 e. The van der Waals surface area contributed by atoms with Crippen molar-refractivity contribution < 1.29 is 23.7 Å². The van der Waals surface area contributed by atoms with Crippen LogP contribution in [0.3, 0.4) is 0 Å². The highest BCUT2D eigenvalue weighted by molar-refractivity contribution is 5.78. The van der Waals surface area contributed by atoms with Crippen molar-refractivity contribution in [3.05, 3.63) is 76.2 Å². The lowest BCUT2D eigenvalue weighted by atomic mass is 10.0. The number of rotatable bonds is 10. The van der Waals surface area contributed by atoms with Crippen molar-refractivity contribution in [1.29, 1.82) is 0 Å². The van der Waals surface area contributed by atoms with Crippen LogP contribution in [0.4, 0.5) is 5.69 Å². The summed E-state index contributed by atoms with van der Waals surface area (Å²) in [6.45, 7) is 3.40. The standard InChI is InChI=1S/C23H24N4O6/c1-15(2)32-22(29)14-18(17-10-6-7-11-19(17)27(30)31)24-20(28)12-13-21-25-26-23(33-21)16-8-4-3-5-9-16/h3-11,15,18H,12-14H2,1-2H3,(H,24,28). The minimum atomic E-state index is -0.923. The Morgan fingerprint density at radius 1 is 1.09 bits per heavy atom. The highest BCUT2D eigenvalue weighted by Crippen LogP contribution is 2.28. The molecule has 33 heavy (non-hydrogen) atoms. The number of aromatic nitrogens is 2. The van der Waals surface area contributed by atoms with Crippen molar-refractivity contribution in [2.24, 2.45) is 0 Å². The summed E-state index contributed by atoms with van der Waals surface area (Å²) < 4.78 is 10.8. The lowest BCUT2D eigenvalue weighted by Gasteiger charge is -2.19. The molecule has 0 aliphatic rings. The van der Waals surface area contributed by atoms with Gasteiger partial charge in [-0.1, -0.05) is 36.4 Å². The molecule has 1 heterocycles. The van der Waals surface area contributed by atoms with E-state index in [2.05, 4.69) is 15.5 Å². The van der Waals surface area contributed by atoms with E-state index in [0.29, 0.717) is 5.89 Å². The summed E-state index contributed by atoms with van der Waals surface area (Å²) in [6.07, 6.45) is -0.428. The third kappa shape index (κ3) is 6.70. The van der Waals surface area contributed by atoms with E-state index in [4.69, 9.17) is 9.15 Å². The molecule has 1 atom stereocenters. The maximum atomic E-state index is 12.6. The van der Waals surface area contributed by atoms with Crippen molar-refractivity contribution in [1.82, 2.24) is 15.5 Å². The zero-order chi connectivity index (χ0) is 23.8. The Morgan fingerprint density at radius 2 is 1.79 bits per heavy atom. The maximum Gasteiger partial charge on any atom is 0.308 e. The molecule has 3 aromatic rings. The Labute approximate surface area is 190 Å². The van der Waals surface area contributed by atoms with Crippen molar-refractivity contribution in [3.63, 3.8) is 0 Å². The fourth-order valence-corrected chi connectivity index (χ4v) is 3.20. The number of hydrogen-bond donors (Lipinski definition) is 1. The molecule has 1 unspecified atom stereocenters. The first kappa shape index (κ1) is 23.6. The number of ether oxygens (including phenoxy) is 1. The average Bonchev–Trinajstić information content (AvgIpc) is 3.26. The molecule has 0 saturated carbocycles. The third-order valence-electron chi connectivity index (χ3n) is 4.64. The fraction of sp³-hybridized carbons (Fsp3) is 0.304. The van der Waals surface area contributed by atoms with Crippen LogP contribution in [0.1, 0.15) is 44.2 Å². The minimum absolute atomic E-state index is 0.00716. The second-order valence-corrected chi connectivity index (χ2v) is 7.55. The molecule has 0 fully saturated rings. The Hall–Kier alpha value is -4.08. The van der Waals surface area contributed by atoms with Crippen LogP contribution in [0.5, 0.6) is 0 Å². The number of para-hydroxylation sites is 1. The van der Waals surface area contributed by atoms with Crippen LogP contribution in [0, 0.1) is 10.1 Å². The number of amides is 1. The predicted octanol–water partition coefficient (Wildman–Crippen LogP) is 3.78. The topological polar surface area (TPSA) is 137 Å². The van der Waals surface area contributed by atoms with Gasteiger partial charge in [-0.3, -0.25) is 19.7 Å². The van der Waals surface area contributed by atoms with Crippen LogP contribution in [0.25, 0.3) is 11.5 Å². The number of nitro groups is 1. The Kier molecular flexibility index (Phi) is 7.85. The number of hydrogen-bond acceptors (Lipinski definition) is 8. The third-order valence-corrected chi connectivity index (χ3v) is 4.64. The highest BCUT2D eigenvalue weighted by atomic mass is 16.6. The van der Waals surface area contributed by atoms with Crippen molar-refractivity contribution in [2.75, 3.05) is 0 Å². The summed E-state index contributed by atoms with van der Waals surface area (Å²) in [5.41, 5.74) is 0.797. The first-order valence-electron chi connectivity index (χ1n) is 10.4. The van der Waals surface area contributed by atoms with Gasteiger partial charge in [-0.05, 0) is 26.0 Å². The molecule has 2 aromatic carbocycles. The number of nitro benzene ring substituents is 1. The van der Waals surface area contributed by atoms with Gasteiger partial charge in [0.1, 0.15) is 0 Å². The summed E-state index contributed by atoms with van der Waals surface area (Å²) in [5, 5.41) is 22.1. The van der Waals surface area contributed by atoms with Crippen LogP contribution in [0.2, 0.25) is 0 Å².